The van der Waals surface area contributed by atoms with E-state index in [1.807, 2.05) is 6.07 Å². The van der Waals surface area contributed by atoms with E-state index in [4.69, 9.17) is 4.74 Å². The fourth-order valence-corrected chi connectivity index (χ4v) is 2.40. The normalized spacial score (nSPS) is 22.6. The van der Waals surface area contributed by atoms with Gasteiger partial charge in [-0.2, -0.15) is 0 Å². The van der Waals surface area contributed by atoms with Crippen LogP contribution in [0.4, 0.5) is 10.1 Å². The van der Waals surface area contributed by atoms with Crippen LogP contribution in [0.2, 0.25) is 0 Å². The lowest BCUT2D eigenvalue weighted by Crippen LogP contribution is -2.49. The van der Waals surface area contributed by atoms with Crippen molar-refractivity contribution in [2.24, 2.45) is 5.41 Å². The molecule has 1 fully saturated rings. The van der Waals surface area contributed by atoms with Crippen molar-refractivity contribution < 1.29 is 9.13 Å². The van der Waals surface area contributed by atoms with E-state index in [0.717, 1.165) is 25.2 Å². The maximum atomic E-state index is 13.6. The van der Waals surface area contributed by atoms with E-state index in [2.05, 4.69) is 24.5 Å². The SMILES string of the molecule is COc1ccc(NC2CCNCC2(C)C)cc1F. The minimum Gasteiger partial charge on any atom is -0.494 e. The summed E-state index contributed by atoms with van der Waals surface area (Å²) in [5.41, 5.74) is 0.975. The number of rotatable bonds is 3. The minimum absolute atomic E-state index is 0.161. The molecule has 1 heterocycles. The number of hydrogen-bond acceptors (Lipinski definition) is 3. The standard InChI is InChI=1S/C14H21FN2O/c1-14(2)9-16-7-6-13(14)17-10-4-5-12(18-3)11(15)8-10/h4-5,8,13,16-17H,6-7,9H2,1-3H3. The molecule has 1 aliphatic rings. The van der Waals surface area contributed by atoms with Crippen LogP contribution in [0.15, 0.2) is 18.2 Å². The van der Waals surface area contributed by atoms with Gasteiger partial charge in [-0.15, -0.1) is 0 Å². The van der Waals surface area contributed by atoms with E-state index in [-0.39, 0.29) is 17.0 Å². The third-order valence-electron chi connectivity index (χ3n) is 3.63. The average Bonchev–Trinajstić information content (AvgIpc) is 2.32. The highest BCUT2D eigenvalue weighted by Gasteiger charge is 2.32. The van der Waals surface area contributed by atoms with E-state index in [9.17, 15) is 4.39 Å². The molecule has 2 rings (SSSR count). The molecular formula is C14H21FN2O. The highest BCUT2D eigenvalue weighted by atomic mass is 19.1. The van der Waals surface area contributed by atoms with Crippen molar-refractivity contribution >= 4 is 5.69 Å². The first-order valence-corrected chi connectivity index (χ1v) is 6.34. The molecule has 1 aromatic rings. The van der Waals surface area contributed by atoms with Crippen molar-refractivity contribution in [3.05, 3.63) is 24.0 Å². The van der Waals surface area contributed by atoms with Gasteiger partial charge < -0.3 is 15.4 Å². The third-order valence-corrected chi connectivity index (χ3v) is 3.63. The number of piperidine rings is 1. The number of nitrogens with one attached hydrogen (secondary N) is 2. The van der Waals surface area contributed by atoms with Gasteiger partial charge in [-0.05, 0) is 30.5 Å². The molecule has 1 unspecified atom stereocenters. The first-order valence-electron chi connectivity index (χ1n) is 6.34. The molecule has 100 valence electrons. The zero-order chi connectivity index (χ0) is 13.2. The molecule has 1 aromatic carbocycles. The van der Waals surface area contributed by atoms with Gasteiger partial charge in [0.1, 0.15) is 0 Å². The van der Waals surface area contributed by atoms with Gasteiger partial charge in [-0.25, -0.2) is 4.39 Å². The van der Waals surface area contributed by atoms with E-state index >= 15 is 0 Å². The van der Waals surface area contributed by atoms with E-state index in [1.165, 1.54) is 13.2 Å². The van der Waals surface area contributed by atoms with Crippen molar-refractivity contribution in [1.29, 1.82) is 0 Å². The van der Waals surface area contributed by atoms with Gasteiger partial charge in [0, 0.05) is 24.3 Å². The number of anilines is 1. The van der Waals surface area contributed by atoms with Gasteiger partial charge in [-0.1, -0.05) is 13.8 Å². The molecule has 0 bridgehead atoms. The number of halogens is 1. The molecule has 0 amide bonds. The van der Waals surface area contributed by atoms with Gasteiger partial charge in [0.25, 0.3) is 0 Å². The number of benzene rings is 1. The van der Waals surface area contributed by atoms with Gasteiger partial charge >= 0.3 is 0 Å². The van der Waals surface area contributed by atoms with Crippen molar-refractivity contribution in [3.8, 4) is 5.75 Å². The molecule has 18 heavy (non-hydrogen) atoms. The first-order chi connectivity index (χ1) is 8.53. The second-order valence-electron chi connectivity index (χ2n) is 5.50. The Bertz CT molecular complexity index is 420. The van der Waals surface area contributed by atoms with Crippen LogP contribution in [-0.2, 0) is 0 Å². The van der Waals surface area contributed by atoms with E-state index in [1.54, 1.807) is 6.07 Å². The van der Waals surface area contributed by atoms with Crippen LogP contribution >= 0.6 is 0 Å². The Hall–Kier alpha value is -1.29. The summed E-state index contributed by atoms with van der Waals surface area (Å²) in [5, 5.41) is 6.81. The van der Waals surface area contributed by atoms with Crippen LogP contribution < -0.4 is 15.4 Å². The Morgan fingerprint density at radius 1 is 1.44 bits per heavy atom. The molecule has 1 saturated heterocycles. The van der Waals surface area contributed by atoms with E-state index in [0.29, 0.717) is 6.04 Å². The average molecular weight is 252 g/mol. The minimum atomic E-state index is -0.325. The van der Waals surface area contributed by atoms with Crippen molar-refractivity contribution in [2.75, 3.05) is 25.5 Å². The predicted molar refractivity (Wildman–Crippen MR) is 71.6 cm³/mol. The second kappa shape index (κ2) is 5.14. The Morgan fingerprint density at radius 2 is 2.22 bits per heavy atom. The molecule has 1 atom stereocenters. The van der Waals surface area contributed by atoms with Crippen LogP contribution in [0, 0.1) is 11.2 Å². The highest BCUT2D eigenvalue weighted by Crippen LogP contribution is 2.29. The lowest BCUT2D eigenvalue weighted by molar-refractivity contribution is 0.236. The lowest BCUT2D eigenvalue weighted by Gasteiger charge is -2.40. The summed E-state index contributed by atoms with van der Waals surface area (Å²) >= 11 is 0. The quantitative estimate of drug-likeness (QED) is 0.867. The zero-order valence-corrected chi connectivity index (χ0v) is 11.2. The molecule has 0 radical (unpaired) electrons. The van der Waals surface area contributed by atoms with Crippen LogP contribution in [-0.4, -0.2) is 26.2 Å². The summed E-state index contributed by atoms with van der Waals surface area (Å²) in [7, 11) is 1.47. The van der Waals surface area contributed by atoms with Gasteiger partial charge in [-0.3, -0.25) is 0 Å². The third kappa shape index (κ3) is 2.75. The maximum absolute atomic E-state index is 13.6. The van der Waals surface area contributed by atoms with E-state index < -0.39 is 0 Å². The molecule has 0 spiro atoms. The Morgan fingerprint density at radius 3 is 2.83 bits per heavy atom. The molecule has 1 aliphatic heterocycles. The Balaban J connectivity index is 2.11. The predicted octanol–water partition coefficient (Wildman–Crippen LogP) is 2.63. The molecule has 4 heteroatoms. The molecule has 0 aromatic heterocycles. The zero-order valence-electron chi connectivity index (χ0n) is 11.2. The van der Waals surface area contributed by atoms with Gasteiger partial charge in [0.05, 0.1) is 7.11 Å². The summed E-state index contributed by atoms with van der Waals surface area (Å²) in [4.78, 5) is 0. The molecule has 3 nitrogen and oxygen atoms in total. The van der Waals surface area contributed by atoms with Crippen molar-refractivity contribution in [2.45, 2.75) is 26.3 Å². The molecule has 0 aliphatic carbocycles. The topological polar surface area (TPSA) is 33.3 Å². The Kier molecular flexibility index (Phi) is 3.76. The van der Waals surface area contributed by atoms with Gasteiger partial charge in [0.2, 0.25) is 0 Å². The Labute approximate surface area is 108 Å². The lowest BCUT2D eigenvalue weighted by atomic mass is 9.80. The van der Waals surface area contributed by atoms with Crippen molar-refractivity contribution in [3.63, 3.8) is 0 Å². The summed E-state index contributed by atoms with van der Waals surface area (Å²) < 4.78 is 18.5. The number of ether oxygens (including phenoxy) is 1. The maximum Gasteiger partial charge on any atom is 0.167 e. The first kappa shape index (κ1) is 13.1. The van der Waals surface area contributed by atoms with Crippen molar-refractivity contribution in [1.82, 2.24) is 5.32 Å². The molecular weight excluding hydrogens is 231 g/mol. The van der Waals surface area contributed by atoms with Crippen LogP contribution in [0.25, 0.3) is 0 Å². The number of hydrogen-bond donors (Lipinski definition) is 2. The summed E-state index contributed by atoms with van der Waals surface area (Å²) in [6.45, 7) is 6.41. The fourth-order valence-electron chi connectivity index (χ4n) is 2.40. The number of methoxy groups -OCH3 is 1. The largest absolute Gasteiger partial charge is 0.494 e. The highest BCUT2D eigenvalue weighted by molar-refractivity contribution is 5.48. The van der Waals surface area contributed by atoms with Gasteiger partial charge in [0.15, 0.2) is 11.6 Å². The van der Waals surface area contributed by atoms with Crippen LogP contribution in [0.1, 0.15) is 20.3 Å². The monoisotopic (exact) mass is 252 g/mol. The smallest absolute Gasteiger partial charge is 0.167 e. The fraction of sp³-hybridized carbons (Fsp3) is 0.571. The van der Waals surface area contributed by atoms with Crippen LogP contribution in [0.5, 0.6) is 5.75 Å². The second-order valence-corrected chi connectivity index (χ2v) is 5.50. The molecule has 2 N–H and O–H groups in total. The molecule has 0 saturated carbocycles. The summed E-state index contributed by atoms with van der Waals surface area (Å²) in [6, 6.07) is 5.37. The summed E-state index contributed by atoms with van der Waals surface area (Å²) in [6.07, 6.45) is 1.04. The van der Waals surface area contributed by atoms with Crippen LogP contribution in [0.3, 0.4) is 0 Å². The summed E-state index contributed by atoms with van der Waals surface area (Å²) in [5.74, 6) is -0.0423.